The van der Waals surface area contributed by atoms with E-state index in [9.17, 15) is 13.2 Å². The Balaban J connectivity index is 1.56. The predicted molar refractivity (Wildman–Crippen MR) is 113 cm³/mol. The van der Waals surface area contributed by atoms with Crippen LogP contribution in [0.5, 0.6) is 0 Å². The standard InChI is InChI=1S/C20H15ClN2O3S2/c21-14-5-7-15(8-6-14)28(25,26)10-9-19-22-18(12-27-19)16-11-13-3-1-2-4-17(13)23-20(16)24/h1-8,11-12H,9-10H2,(H,23,24). The van der Waals surface area contributed by atoms with Crippen molar-refractivity contribution in [3.05, 3.63) is 80.4 Å². The van der Waals surface area contributed by atoms with Crippen molar-refractivity contribution in [2.75, 3.05) is 5.75 Å². The van der Waals surface area contributed by atoms with Crippen LogP contribution in [0, 0.1) is 0 Å². The maximum absolute atomic E-state index is 12.5. The van der Waals surface area contributed by atoms with Gasteiger partial charge in [-0.3, -0.25) is 4.79 Å². The minimum absolute atomic E-state index is 0.0599. The first-order valence-corrected chi connectivity index (χ1v) is 11.4. The Hall–Kier alpha value is -2.48. The van der Waals surface area contributed by atoms with E-state index in [2.05, 4.69) is 9.97 Å². The van der Waals surface area contributed by atoms with Crippen molar-refractivity contribution in [1.82, 2.24) is 9.97 Å². The second-order valence-corrected chi connectivity index (χ2v) is 9.74. The second kappa shape index (κ2) is 7.50. The van der Waals surface area contributed by atoms with E-state index < -0.39 is 9.84 Å². The number of nitrogens with one attached hydrogen (secondary N) is 1. The first kappa shape index (κ1) is 18.9. The highest BCUT2D eigenvalue weighted by Gasteiger charge is 2.16. The topological polar surface area (TPSA) is 79.9 Å². The molecule has 0 saturated carbocycles. The number of benzene rings is 2. The number of thiazole rings is 1. The van der Waals surface area contributed by atoms with Crippen molar-refractivity contribution in [1.29, 1.82) is 0 Å². The summed E-state index contributed by atoms with van der Waals surface area (Å²) >= 11 is 7.16. The van der Waals surface area contributed by atoms with Gasteiger partial charge >= 0.3 is 0 Å². The van der Waals surface area contributed by atoms with Crippen LogP contribution >= 0.6 is 22.9 Å². The Bertz CT molecular complexity index is 1310. The van der Waals surface area contributed by atoms with Gasteiger partial charge in [-0.05, 0) is 41.8 Å². The molecule has 0 fully saturated rings. The van der Waals surface area contributed by atoms with Gasteiger partial charge in [-0.1, -0.05) is 29.8 Å². The largest absolute Gasteiger partial charge is 0.321 e. The summed E-state index contributed by atoms with van der Waals surface area (Å²) in [5.41, 5.74) is 1.57. The number of aromatic nitrogens is 2. The Morgan fingerprint density at radius 1 is 1.07 bits per heavy atom. The molecule has 0 aliphatic heterocycles. The van der Waals surface area contributed by atoms with E-state index in [-0.39, 0.29) is 22.6 Å². The van der Waals surface area contributed by atoms with Gasteiger partial charge in [-0.2, -0.15) is 0 Å². The van der Waals surface area contributed by atoms with Gasteiger partial charge in [0.05, 0.1) is 26.9 Å². The minimum atomic E-state index is -3.43. The molecule has 0 unspecified atom stereocenters. The Morgan fingerprint density at radius 2 is 1.82 bits per heavy atom. The van der Waals surface area contributed by atoms with Gasteiger partial charge in [-0.15, -0.1) is 11.3 Å². The summed E-state index contributed by atoms with van der Waals surface area (Å²) in [5.74, 6) is -0.0599. The van der Waals surface area contributed by atoms with Crippen LogP contribution in [0.4, 0.5) is 0 Å². The van der Waals surface area contributed by atoms with E-state index in [4.69, 9.17) is 11.6 Å². The number of sulfone groups is 1. The van der Waals surface area contributed by atoms with Gasteiger partial charge in [0.1, 0.15) is 0 Å². The molecular weight excluding hydrogens is 416 g/mol. The summed E-state index contributed by atoms with van der Waals surface area (Å²) in [4.78, 5) is 19.9. The summed E-state index contributed by atoms with van der Waals surface area (Å²) in [6, 6.07) is 15.4. The van der Waals surface area contributed by atoms with Gasteiger partial charge in [0.2, 0.25) is 0 Å². The summed E-state index contributed by atoms with van der Waals surface area (Å²) < 4.78 is 24.9. The quantitative estimate of drug-likeness (QED) is 0.511. The maximum atomic E-state index is 12.5. The number of nitrogens with zero attached hydrogens (tertiary/aromatic N) is 1. The molecule has 2 aromatic carbocycles. The molecule has 2 aromatic heterocycles. The Labute approximate surface area is 170 Å². The van der Waals surface area contributed by atoms with Crippen LogP contribution in [0.3, 0.4) is 0 Å². The third-order valence-corrected chi connectivity index (χ3v) is 7.23. The minimum Gasteiger partial charge on any atom is -0.321 e. The molecule has 0 atom stereocenters. The molecule has 0 spiro atoms. The van der Waals surface area contributed by atoms with Crippen LogP contribution in [-0.2, 0) is 16.3 Å². The molecule has 0 aliphatic carbocycles. The first-order valence-electron chi connectivity index (χ1n) is 8.47. The lowest BCUT2D eigenvalue weighted by atomic mass is 10.1. The van der Waals surface area contributed by atoms with Gasteiger partial charge in [0.15, 0.2) is 9.84 Å². The fourth-order valence-electron chi connectivity index (χ4n) is 2.87. The molecule has 2 heterocycles. The van der Waals surface area contributed by atoms with Gasteiger partial charge < -0.3 is 4.98 Å². The van der Waals surface area contributed by atoms with Crippen LogP contribution in [-0.4, -0.2) is 24.1 Å². The lowest BCUT2D eigenvalue weighted by Crippen LogP contribution is -2.10. The van der Waals surface area contributed by atoms with Crippen molar-refractivity contribution < 1.29 is 8.42 Å². The molecule has 0 aliphatic rings. The van der Waals surface area contributed by atoms with Crippen LogP contribution in [0.25, 0.3) is 22.2 Å². The smallest absolute Gasteiger partial charge is 0.257 e. The third kappa shape index (κ3) is 3.87. The van der Waals surface area contributed by atoms with E-state index in [1.807, 2.05) is 24.3 Å². The van der Waals surface area contributed by atoms with Crippen molar-refractivity contribution in [2.45, 2.75) is 11.3 Å². The molecule has 0 radical (unpaired) electrons. The normalized spacial score (nSPS) is 11.8. The Morgan fingerprint density at radius 3 is 2.61 bits per heavy atom. The van der Waals surface area contributed by atoms with E-state index in [0.717, 1.165) is 10.9 Å². The lowest BCUT2D eigenvalue weighted by Gasteiger charge is -2.03. The monoisotopic (exact) mass is 430 g/mol. The number of aryl methyl sites for hydroxylation is 1. The number of H-pyrrole nitrogens is 1. The van der Waals surface area contributed by atoms with Gasteiger partial charge in [-0.25, -0.2) is 13.4 Å². The molecule has 28 heavy (non-hydrogen) atoms. The van der Waals surface area contributed by atoms with Crippen molar-refractivity contribution in [3.8, 4) is 11.3 Å². The number of aromatic amines is 1. The number of fused-ring (bicyclic) bond motifs is 1. The number of pyridine rings is 1. The molecule has 0 bridgehead atoms. The number of para-hydroxylation sites is 1. The van der Waals surface area contributed by atoms with Crippen LogP contribution in [0.2, 0.25) is 5.02 Å². The Kier molecular flexibility index (Phi) is 5.05. The van der Waals surface area contributed by atoms with Crippen LogP contribution in [0.1, 0.15) is 5.01 Å². The van der Waals surface area contributed by atoms with Crippen molar-refractivity contribution in [2.24, 2.45) is 0 Å². The highest BCUT2D eigenvalue weighted by molar-refractivity contribution is 7.91. The highest BCUT2D eigenvalue weighted by atomic mass is 35.5. The molecule has 8 heteroatoms. The SMILES string of the molecule is O=c1[nH]c2ccccc2cc1-c1csc(CCS(=O)(=O)c2ccc(Cl)cc2)n1. The summed E-state index contributed by atoms with van der Waals surface area (Å²) in [6.45, 7) is 0. The molecule has 4 aromatic rings. The fourth-order valence-corrected chi connectivity index (χ4v) is 5.17. The lowest BCUT2D eigenvalue weighted by molar-refractivity contribution is 0.595. The van der Waals surface area contributed by atoms with E-state index in [1.54, 1.807) is 23.6 Å². The van der Waals surface area contributed by atoms with Gasteiger partial charge in [0.25, 0.3) is 5.56 Å². The van der Waals surface area contributed by atoms with E-state index >= 15 is 0 Å². The zero-order valence-corrected chi connectivity index (χ0v) is 16.9. The van der Waals surface area contributed by atoms with Gasteiger partial charge in [0, 0.05) is 22.3 Å². The molecular formula is C20H15ClN2O3S2. The van der Waals surface area contributed by atoms with Crippen molar-refractivity contribution in [3.63, 3.8) is 0 Å². The summed E-state index contributed by atoms with van der Waals surface area (Å²) in [5, 5.41) is 3.85. The average molecular weight is 431 g/mol. The van der Waals surface area contributed by atoms with Crippen LogP contribution in [0.15, 0.2) is 69.7 Å². The number of hydrogen-bond acceptors (Lipinski definition) is 5. The summed E-state index contributed by atoms with van der Waals surface area (Å²) in [7, 11) is -3.43. The maximum Gasteiger partial charge on any atom is 0.257 e. The van der Waals surface area contributed by atoms with E-state index in [0.29, 0.717) is 21.3 Å². The fraction of sp³-hybridized carbons (Fsp3) is 0.100. The average Bonchev–Trinajstić information content (AvgIpc) is 3.15. The number of hydrogen-bond donors (Lipinski definition) is 1. The molecule has 0 amide bonds. The zero-order chi connectivity index (χ0) is 19.7. The first-order chi connectivity index (χ1) is 13.4. The summed E-state index contributed by atoms with van der Waals surface area (Å²) in [6.07, 6.45) is 0.279. The molecule has 142 valence electrons. The molecule has 1 N–H and O–H groups in total. The third-order valence-electron chi connectivity index (χ3n) is 4.34. The molecule has 0 saturated heterocycles. The second-order valence-electron chi connectivity index (χ2n) is 6.25. The number of rotatable bonds is 5. The van der Waals surface area contributed by atoms with Crippen molar-refractivity contribution >= 4 is 43.7 Å². The molecule has 5 nitrogen and oxygen atoms in total. The van der Waals surface area contributed by atoms with E-state index in [1.165, 1.54) is 23.5 Å². The number of halogens is 1. The van der Waals surface area contributed by atoms with Crippen LogP contribution < -0.4 is 5.56 Å². The zero-order valence-electron chi connectivity index (χ0n) is 14.6. The highest BCUT2D eigenvalue weighted by Crippen LogP contribution is 2.23. The molecule has 4 rings (SSSR count). The predicted octanol–water partition coefficient (Wildman–Crippen LogP) is 4.32.